The summed E-state index contributed by atoms with van der Waals surface area (Å²) in [5.41, 5.74) is 1.08. The van der Waals surface area contributed by atoms with Crippen molar-refractivity contribution in [2.24, 2.45) is 5.92 Å². The number of carbonyl (C=O) groups excluding carboxylic acids is 1. The van der Waals surface area contributed by atoms with E-state index in [0.717, 1.165) is 5.69 Å². The Kier molecular flexibility index (Phi) is 5.52. The maximum atomic E-state index is 12.5. The van der Waals surface area contributed by atoms with Gasteiger partial charge in [-0.15, -0.1) is 0 Å². The molecule has 0 aromatic carbocycles. The zero-order valence-corrected chi connectivity index (χ0v) is 13.5. The fourth-order valence-corrected chi connectivity index (χ4v) is 3.18. The first-order valence-corrected chi connectivity index (χ1v) is 8.11. The number of carboxylic acids is 1. The molecule has 0 radical (unpaired) electrons. The van der Waals surface area contributed by atoms with E-state index in [1.807, 2.05) is 13.8 Å². The summed E-state index contributed by atoms with van der Waals surface area (Å²) in [4.78, 5) is 35.5. The Morgan fingerprint density at radius 2 is 1.87 bits per heavy atom. The van der Waals surface area contributed by atoms with Gasteiger partial charge in [-0.1, -0.05) is 13.8 Å². The first-order valence-electron chi connectivity index (χ1n) is 8.11. The van der Waals surface area contributed by atoms with Gasteiger partial charge in [-0.05, 0) is 44.1 Å². The van der Waals surface area contributed by atoms with Gasteiger partial charge in [-0.25, -0.2) is 5.10 Å². The molecule has 7 heteroatoms. The average Bonchev–Trinajstić information content (AvgIpc) is 2.54. The predicted molar refractivity (Wildman–Crippen MR) is 84.5 cm³/mol. The highest BCUT2D eigenvalue weighted by Crippen LogP contribution is 2.24. The second-order valence-electron chi connectivity index (χ2n) is 5.92. The van der Waals surface area contributed by atoms with Gasteiger partial charge in [0.05, 0.1) is 11.6 Å². The van der Waals surface area contributed by atoms with Crippen molar-refractivity contribution in [1.82, 2.24) is 15.5 Å². The standard InChI is InChI=1S/C16H23N3O4/c1-3-11-12(4-2)18-19-15(21)13(11)14(20)17-10-7-5-9(6-8-10)16(22)23/h9-10H,3-8H2,1-2H3,(H,17,20)(H,19,21)(H,22,23). The second kappa shape index (κ2) is 7.39. The number of hydrogen-bond acceptors (Lipinski definition) is 4. The molecule has 23 heavy (non-hydrogen) atoms. The molecular weight excluding hydrogens is 298 g/mol. The van der Waals surface area contributed by atoms with Crippen LogP contribution in [0.25, 0.3) is 0 Å². The van der Waals surface area contributed by atoms with E-state index in [2.05, 4.69) is 15.5 Å². The van der Waals surface area contributed by atoms with E-state index in [9.17, 15) is 14.4 Å². The lowest BCUT2D eigenvalue weighted by molar-refractivity contribution is -0.142. The second-order valence-corrected chi connectivity index (χ2v) is 5.92. The molecule has 3 N–H and O–H groups in total. The largest absolute Gasteiger partial charge is 0.481 e. The van der Waals surface area contributed by atoms with Gasteiger partial charge >= 0.3 is 5.97 Å². The van der Waals surface area contributed by atoms with Crippen molar-refractivity contribution in [3.05, 3.63) is 27.2 Å². The van der Waals surface area contributed by atoms with Gasteiger partial charge in [0.2, 0.25) is 0 Å². The number of hydrogen-bond donors (Lipinski definition) is 3. The van der Waals surface area contributed by atoms with E-state index in [0.29, 0.717) is 44.1 Å². The van der Waals surface area contributed by atoms with Crippen molar-refractivity contribution in [1.29, 1.82) is 0 Å². The molecule has 1 saturated carbocycles. The van der Waals surface area contributed by atoms with Crippen LogP contribution in [0, 0.1) is 5.92 Å². The van der Waals surface area contributed by atoms with Gasteiger partial charge in [0.25, 0.3) is 11.5 Å². The van der Waals surface area contributed by atoms with Gasteiger partial charge in [0, 0.05) is 6.04 Å². The summed E-state index contributed by atoms with van der Waals surface area (Å²) in [6.07, 6.45) is 3.54. The third-order valence-electron chi connectivity index (χ3n) is 4.50. The SMILES string of the molecule is CCc1n[nH]c(=O)c(C(=O)NC2CCC(C(=O)O)CC2)c1CC. The molecule has 0 unspecified atom stereocenters. The van der Waals surface area contributed by atoms with Crippen LogP contribution >= 0.6 is 0 Å². The minimum atomic E-state index is -0.777. The molecule has 1 aromatic rings. The van der Waals surface area contributed by atoms with Crippen molar-refractivity contribution in [3.8, 4) is 0 Å². The fraction of sp³-hybridized carbons (Fsp3) is 0.625. The smallest absolute Gasteiger partial charge is 0.306 e. The zero-order valence-electron chi connectivity index (χ0n) is 13.5. The number of rotatable bonds is 5. The van der Waals surface area contributed by atoms with Crippen LogP contribution in [-0.2, 0) is 17.6 Å². The van der Waals surface area contributed by atoms with Crippen LogP contribution in [0.3, 0.4) is 0 Å². The predicted octanol–water partition coefficient (Wildman–Crippen LogP) is 1.27. The lowest BCUT2D eigenvalue weighted by Crippen LogP contribution is -2.41. The number of aromatic nitrogens is 2. The summed E-state index contributed by atoms with van der Waals surface area (Å²) >= 11 is 0. The Morgan fingerprint density at radius 1 is 1.22 bits per heavy atom. The first kappa shape index (κ1) is 17.2. The summed E-state index contributed by atoms with van der Waals surface area (Å²) in [5, 5.41) is 18.3. The van der Waals surface area contributed by atoms with Crippen LogP contribution in [0.4, 0.5) is 0 Å². The van der Waals surface area contributed by atoms with E-state index in [1.54, 1.807) is 0 Å². The Labute approximate surface area is 134 Å². The van der Waals surface area contributed by atoms with Crippen molar-refractivity contribution >= 4 is 11.9 Å². The maximum Gasteiger partial charge on any atom is 0.306 e. The number of H-pyrrole nitrogens is 1. The highest BCUT2D eigenvalue weighted by Gasteiger charge is 2.28. The molecule has 1 amide bonds. The summed E-state index contributed by atoms with van der Waals surface area (Å²) in [6.45, 7) is 3.82. The van der Waals surface area contributed by atoms with Crippen molar-refractivity contribution < 1.29 is 14.7 Å². The maximum absolute atomic E-state index is 12.5. The van der Waals surface area contributed by atoms with Gasteiger partial charge in [-0.3, -0.25) is 14.4 Å². The molecule has 126 valence electrons. The molecule has 1 aliphatic carbocycles. The van der Waals surface area contributed by atoms with Gasteiger partial charge < -0.3 is 10.4 Å². The topological polar surface area (TPSA) is 112 Å². The van der Waals surface area contributed by atoms with Gasteiger partial charge in [0.1, 0.15) is 5.56 Å². The van der Waals surface area contributed by atoms with Crippen molar-refractivity contribution in [2.45, 2.75) is 58.4 Å². The third-order valence-corrected chi connectivity index (χ3v) is 4.50. The molecule has 2 rings (SSSR count). The number of aliphatic carboxylic acids is 1. The number of amides is 1. The highest BCUT2D eigenvalue weighted by molar-refractivity contribution is 5.95. The van der Waals surface area contributed by atoms with E-state index in [-0.39, 0.29) is 23.4 Å². The number of nitrogens with zero attached hydrogens (tertiary/aromatic N) is 1. The molecule has 0 bridgehead atoms. The average molecular weight is 321 g/mol. The normalized spacial score (nSPS) is 21.0. The monoisotopic (exact) mass is 321 g/mol. The lowest BCUT2D eigenvalue weighted by atomic mass is 9.86. The minimum Gasteiger partial charge on any atom is -0.481 e. The molecule has 0 atom stereocenters. The summed E-state index contributed by atoms with van der Waals surface area (Å²) in [6, 6.07) is -0.0829. The molecule has 1 aromatic heterocycles. The summed E-state index contributed by atoms with van der Waals surface area (Å²) in [5.74, 6) is -1.49. The number of carboxylic acid groups (broad SMARTS) is 1. The lowest BCUT2D eigenvalue weighted by Gasteiger charge is -2.27. The molecule has 7 nitrogen and oxygen atoms in total. The van der Waals surface area contributed by atoms with Gasteiger partial charge in [0.15, 0.2) is 0 Å². The Morgan fingerprint density at radius 3 is 2.39 bits per heavy atom. The van der Waals surface area contributed by atoms with Crippen LogP contribution in [0.5, 0.6) is 0 Å². The number of carbonyl (C=O) groups is 2. The van der Waals surface area contributed by atoms with Crippen molar-refractivity contribution in [3.63, 3.8) is 0 Å². The number of aromatic amines is 1. The van der Waals surface area contributed by atoms with Crippen LogP contribution in [0.15, 0.2) is 4.79 Å². The van der Waals surface area contributed by atoms with Crippen LogP contribution in [0.2, 0.25) is 0 Å². The van der Waals surface area contributed by atoms with Gasteiger partial charge in [-0.2, -0.15) is 5.10 Å². The molecule has 1 heterocycles. The van der Waals surface area contributed by atoms with Crippen molar-refractivity contribution in [2.75, 3.05) is 0 Å². The quantitative estimate of drug-likeness (QED) is 0.756. The number of aryl methyl sites for hydroxylation is 1. The summed E-state index contributed by atoms with van der Waals surface area (Å²) in [7, 11) is 0. The molecule has 0 spiro atoms. The summed E-state index contributed by atoms with van der Waals surface area (Å²) < 4.78 is 0. The van der Waals surface area contributed by atoms with Crippen LogP contribution in [-0.4, -0.2) is 33.2 Å². The molecule has 1 fully saturated rings. The Bertz CT molecular complexity index is 645. The third kappa shape index (κ3) is 3.78. The van der Waals surface area contributed by atoms with Crippen LogP contribution < -0.4 is 10.9 Å². The van der Waals surface area contributed by atoms with E-state index in [4.69, 9.17) is 5.11 Å². The Balaban J connectivity index is 2.13. The number of nitrogens with one attached hydrogen (secondary N) is 2. The van der Waals surface area contributed by atoms with E-state index >= 15 is 0 Å². The van der Waals surface area contributed by atoms with E-state index in [1.165, 1.54) is 0 Å². The highest BCUT2D eigenvalue weighted by atomic mass is 16.4. The zero-order chi connectivity index (χ0) is 17.0. The molecule has 1 aliphatic rings. The fourth-order valence-electron chi connectivity index (χ4n) is 3.18. The molecule has 0 saturated heterocycles. The van der Waals surface area contributed by atoms with Crippen LogP contribution in [0.1, 0.15) is 61.1 Å². The molecular formula is C16H23N3O4. The first-order chi connectivity index (χ1) is 11.0. The Hall–Kier alpha value is -2.18. The minimum absolute atomic E-state index is 0.0829. The molecule has 0 aliphatic heterocycles. The van der Waals surface area contributed by atoms with E-state index < -0.39 is 11.5 Å².